The molecule has 1 nitrogen and oxygen atoms in total. The average molecular weight is 350 g/mol. The van der Waals surface area contributed by atoms with Crippen LogP contribution < -0.4 is 21.5 Å². The number of para-hydroxylation sites is 1. The van der Waals surface area contributed by atoms with Gasteiger partial charge in [0, 0.05) is 17.0 Å². The maximum atomic E-state index is 2.30. The Labute approximate surface area is 140 Å². The summed E-state index contributed by atoms with van der Waals surface area (Å²) in [6.07, 6.45) is 0. The van der Waals surface area contributed by atoms with Crippen molar-refractivity contribution in [1.82, 2.24) is 0 Å². The summed E-state index contributed by atoms with van der Waals surface area (Å²) in [6, 6.07) is 27.9. The minimum absolute atomic E-state index is 0. The zero-order valence-electron chi connectivity index (χ0n) is 12.3. The number of hydrogen-bond acceptors (Lipinski definition) is 0. The third kappa shape index (κ3) is 2.20. The second kappa shape index (κ2) is 5.90. The molecule has 0 spiro atoms. The summed E-state index contributed by atoms with van der Waals surface area (Å²) in [4.78, 5) is 0. The molecule has 0 unspecified atom stereocenters. The van der Waals surface area contributed by atoms with Crippen LogP contribution in [-0.4, -0.2) is 0 Å². The quantitative estimate of drug-likeness (QED) is 0.362. The van der Waals surface area contributed by atoms with E-state index in [1.807, 2.05) is 0 Å². The minimum atomic E-state index is 0. The number of halogens is 1. The first kappa shape index (κ1) is 14.7. The first-order chi connectivity index (χ1) is 10.4. The van der Waals surface area contributed by atoms with Crippen LogP contribution in [0.1, 0.15) is 0 Å². The van der Waals surface area contributed by atoms with E-state index in [2.05, 4.69) is 90.5 Å². The fourth-order valence-corrected chi connectivity index (χ4v) is 3.16. The Hall–Kier alpha value is -2.19. The SMILES string of the molecule is C[n+]1c(-c2ccccc2)c2ccccc2c2ccccc21.[Br-]. The summed E-state index contributed by atoms with van der Waals surface area (Å²) in [5.74, 6) is 0. The van der Waals surface area contributed by atoms with Gasteiger partial charge in [-0.05, 0) is 24.3 Å². The van der Waals surface area contributed by atoms with Crippen molar-refractivity contribution in [3.63, 3.8) is 0 Å². The number of hydrogen-bond donors (Lipinski definition) is 0. The van der Waals surface area contributed by atoms with Crippen LogP contribution in [0.15, 0.2) is 78.9 Å². The molecule has 0 fully saturated rings. The van der Waals surface area contributed by atoms with E-state index < -0.39 is 0 Å². The van der Waals surface area contributed by atoms with Gasteiger partial charge in [0.2, 0.25) is 11.2 Å². The van der Waals surface area contributed by atoms with Crippen LogP contribution >= 0.6 is 0 Å². The van der Waals surface area contributed by atoms with E-state index in [0.29, 0.717) is 0 Å². The van der Waals surface area contributed by atoms with E-state index in [1.165, 1.54) is 32.9 Å². The Morgan fingerprint density at radius 1 is 0.591 bits per heavy atom. The molecule has 108 valence electrons. The third-order valence-electron chi connectivity index (χ3n) is 4.12. The Bertz CT molecular complexity index is 946. The molecule has 22 heavy (non-hydrogen) atoms. The second-order valence-corrected chi connectivity index (χ2v) is 5.34. The van der Waals surface area contributed by atoms with Crippen molar-refractivity contribution >= 4 is 21.7 Å². The van der Waals surface area contributed by atoms with Gasteiger partial charge in [0.1, 0.15) is 7.05 Å². The lowest BCUT2D eigenvalue weighted by Crippen LogP contribution is -3.00. The summed E-state index contributed by atoms with van der Waals surface area (Å²) in [6.45, 7) is 0. The molecule has 3 aromatic carbocycles. The summed E-state index contributed by atoms with van der Waals surface area (Å²) >= 11 is 0. The van der Waals surface area contributed by atoms with Crippen LogP contribution in [0.2, 0.25) is 0 Å². The molecule has 0 amide bonds. The molecule has 2 heteroatoms. The van der Waals surface area contributed by atoms with Gasteiger partial charge in [0.15, 0.2) is 0 Å². The highest BCUT2D eigenvalue weighted by Crippen LogP contribution is 2.30. The predicted molar refractivity (Wildman–Crippen MR) is 88.1 cm³/mol. The Kier molecular flexibility index (Phi) is 3.95. The molecule has 0 N–H and O–H groups in total. The lowest BCUT2D eigenvalue weighted by Gasteiger charge is -2.09. The van der Waals surface area contributed by atoms with E-state index in [0.717, 1.165) is 0 Å². The molecule has 0 saturated heterocycles. The Morgan fingerprint density at radius 2 is 1.14 bits per heavy atom. The minimum Gasteiger partial charge on any atom is -1.00 e. The molecule has 0 atom stereocenters. The van der Waals surface area contributed by atoms with E-state index in [1.54, 1.807) is 0 Å². The van der Waals surface area contributed by atoms with Gasteiger partial charge in [-0.15, -0.1) is 0 Å². The summed E-state index contributed by atoms with van der Waals surface area (Å²) in [5, 5.41) is 3.91. The van der Waals surface area contributed by atoms with E-state index >= 15 is 0 Å². The van der Waals surface area contributed by atoms with Gasteiger partial charge in [0.25, 0.3) is 0 Å². The van der Waals surface area contributed by atoms with Crippen LogP contribution in [0.3, 0.4) is 0 Å². The number of pyridine rings is 1. The molecule has 4 aromatic rings. The molecule has 1 aromatic heterocycles. The molecule has 0 saturated carbocycles. The normalized spacial score (nSPS) is 10.6. The Balaban J connectivity index is 0.00000144. The molecule has 1 heterocycles. The maximum Gasteiger partial charge on any atom is 0.220 e. The first-order valence-electron chi connectivity index (χ1n) is 7.21. The smallest absolute Gasteiger partial charge is 0.220 e. The molecular formula is C20H16BrN. The van der Waals surface area contributed by atoms with Crippen molar-refractivity contribution in [2.45, 2.75) is 0 Å². The molecule has 0 aliphatic carbocycles. The van der Waals surface area contributed by atoms with Crippen LogP contribution in [0.4, 0.5) is 0 Å². The number of benzene rings is 3. The van der Waals surface area contributed by atoms with Crippen LogP contribution in [0, 0.1) is 0 Å². The fourth-order valence-electron chi connectivity index (χ4n) is 3.16. The lowest BCUT2D eigenvalue weighted by molar-refractivity contribution is -0.632. The molecular weight excluding hydrogens is 334 g/mol. The number of rotatable bonds is 1. The van der Waals surface area contributed by atoms with Crippen molar-refractivity contribution in [3.8, 4) is 11.3 Å². The van der Waals surface area contributed by atoms with Gasteiger partial charge in [-0.2, -0.15) is 4.57 Å². The van der Waals surface area contributed by atoms with Gasteiger partial charge in [-0.25, -0.2) is 0 Å². The van der Waals surface area contributed by atoms with Crippen molar-refractivity contribution in [2.24, 2.45) is 7.05 Å². The van der Waals surface area contributed by atoms with E-state index in [4.69, 9.17) is 0 Å². The number of fused-ring (bicyclic) bond motifs is 3. The van der Waals surface area contributed by atoms with E-state index in [9.17, 15) is 0 Å². The van der Waals surface area contributed by atoms with Crippen molar-refractivity contribution in [3.05, 3.63) is 78.9 Å². The highest BCUT2D eigenvalue weighted by atomic mass is 79.9. The van der Waals surface area contributed by atoms with Crippen LogP contribution in [-0.2, 0) is 7.05 Å². The maximum absolute atomic E-state index is 2.30. The van der Waals surface area contributed by atoms with Gasteiger partial charge in [-0.3, -0.25) is 0 Å². The van der Waals surface area contributed by atoms with Crippen molar-refractivity contribution in [2.75, 3.05) is 0 Å². The topological polar surface area (TPSA) is 3.88 Å². The van der Waals surface area contributed by atoms with Gasteiger partial charge < -0.3 is 17.0 Å². The predicted octanol–water partition coefficient (Wildman–Crippen LogP) is 1.49. The number of aryl methyl sites for hydroxylation is 1. The van der Waals surface area contributed by atoms with Crippen LogP contribution in [0.5, 0.6) is 0 Å². The Morgan fingerprint density at radius 3 is 1.86 bits per heavy atom. The summed E-state index contributed by atoms with van der Waals surface area (Å²) in [5.41, 5.74) is 3.78. The van der Waals surface area contributed by atoms with Gasteiger partial charge in [-0.1, -0.05) is 48.5 Å². The summed E-state index contributed by atoms with van der Waals surface area (Å²) < 4.78 is 2.30. The van der Waals surface area contributed by atoms with Gasteiger partial charge in [0.05, 0.1) is 10.8 Å². The van der Waals surface area contributed by atoms with Crippen LogP contribution in [0.25, 0.3) is 32.9 Å². The second-order valence-electron chi connectivity index (χ2n) is 5.34. The zero-order valence-corrected chi connectivity index (χ0v) is 13.9. The molecule has 4 rings (SSSR count). The highest BCUT2D eigenvalue weighted by molar-refractivity contribution is 6.08. The number of aromatic nitrogens is 1. The largest absolute Gasteiger partial charge is 1.00 e. The fraction of sp³-hybridized carbons (Fsp3) is 0.0500. The monoisotopic (exact) mass is 349 g/mol. The highest BCUT2D eigenvalue weighted by Gasteiger charge is 2.19. The molecule has 0 aliphatic heterocycles. The van der Waals surface area contributed by atoms with Gasteiger partial charge >= 0.3 is 0 Å². The van der Waals surface area contributed by atoms with E-state index in [-0.39, 0.29) is 17.0 Å². The van der Waals surface area contributed by atoms with Crippen molar-refractivity contribution in [1.29, 1.82) is 0 Å². The first-order valence-corrected chi connectivity index (χ1v) is 7.21. The van der Waals surface area contributed by atoms with Crippen molar-refractivity contribution < 1.29 is 21.5 Å². The zero-order chi connectivity index (χ0) is 14.2. The third-order valence-corrected chi connectivity index (χ3v) is 4.12. The number of nitrogens with zero attached hydrogens (tertiary/aromatic N) is 1. The standard InChI is InChI=1S/C20H16N.BrH/c1-21-19-14-8-7-12-17(19)16-11-5-6-13-18(16)20(21)15-9-3-2-4-10-15;/h2-14H,1H3;1H/q+1;/p-1. The summed E-state index contributed by atoms with van der Waals surface area (Å²) in [7, 11) is 2.15. The average Bonchev–Trinajstić information content (AvgIpc) is 2.56. The molecule has 0 aliphatic rings. The molecule has 0 bridgehead atoms. The molecule has 0 radical (unpaired) electrons. The lowest BCUT2D eigenvalue weighted by atomic mass is 9.99.